The Hall–Kier alpha value is -1.13. The number of thiophene rings is 1. The lowest BCUT2D eigenvalue weighted by atomic mass is 10.3. The van der Waals surface area contributed by atoms with Crippen molar-refractivity contribution in [3.63, 3.8) is 0 Å². The van der Waals surface area contributed by atoms with E-state index in [0.29, 0.717) is 0 Å². The van der Waals surface area contributed by atoms with E-state index in [1.807, 2.05) is 6.20 Å². The van der Waals surface area contributed by atoms with Gasteiger partial charge in [0.1, 0.15) is 4.83 Å². The van der Waals surface area contributed by atoms with Gasteiger partial charge >= 0.3 is 0 Å². The first kappa shape index (κ1) is 13.3. The fourth-order valence-electron chi connectivity index (χ4n) is 2.10. The molecule has 0 aliphatic rings. The van der Waals surface area contributed by atoms with Gasteiger partial charge in [-0.3, -0.25) is 0 Å². The van der Waals surface area contributed by atoms with E-state index in [9.17, 15) is 0 Å². The third-order valence-corrected chi connectivity index (χ3v) is 4.05. The Morgan fingerprint density at radius 3 is 2.89 bits per heavy atom. The lowest BCUT2D eigenvalue weighted by molar-refractivity contribution is 0.303. The molecule has 0 aliphatic carbocycles. The van der Waals surface area contributed by atoms with E-state index in [-0.39, 0.29) is 0 Å². The van der Waals surface area contributed by atoms with Crippen LogP contribution >= 0.6 is 11.3 Å². The quantitative estimate of drug-likeness (QED) is 0.776. The minimum atomic E-state index is 1.02. The first-order chi connectivity index (χ1) is 8.85. The monoisotopic (exact) mass is 263 g/mol. The number of nitrogens with one attached hydrogen (secondary N) is 1. The standard InChI is InChI=1S/C14H21N3S/c1-3-17(4-2)10-5-8-15-13-6-9-16-14-12(13)7-11-18-14/h6-7,9,11H,3-5,8,10H2,1-2H3,(H,15,16). The van der Waals surface area contributed by atoms with Crippen LogP contribution in [0.2, 0.25) is 0 Å². The molecule has 2 heterocycles. The summed E-state index contributed by atoms with van der Waals surface area (Å²) >= 11 is 1.69. The number of aromatic nitrogens is 1. The normalized spacial score (nSPS) is 11.3. The van der Waals surface area contributed by atoms with Gasteiger partial charge in [0.15, 0.2) is 0 Å². The molecule has 0 aliphatic heterocycles. The van der Waals surface area contributed by atoms with E-state index in [0.717, 1.165) is 31.0 Å². The summed E-state index contributed by atoms with van der Waals surface area (Å²) in [5.74, 6) is 0. The highest BCUT2D eigenvalue weighted by Gasteiger charge is 2.02. The molecular weight excluding hydrogens is 242 g/mol. The fourth-order valence-corrected chi connectivity index (χ4v) is 2.85. The topological polar surface area (TPSA) is 28.2 Å². The summed E-state index contributed by atoms with van der Waals surface area (Å²) < 4.78 is 0. The van der Waals surface area contributed by atoms with Gasteiger partial charge in [-0.05, 0) is 43.6 Å². The van der Waals surface area contributed by atoms with Crippen molar-refractivity contribution in [2.24, 2.45) is 0 Å². The Morgan fingerprint density at radius 1 is 1.28 bits per heavy atom. The van der Waals surface area contributed by atoms with Crippen molar-refractivity contribution in [2.75, 3.05) is 31.5 Å². The average Bonchev–Trinajstić information content (AvgIpc) is 2.88. The molecule has 2 aromatic rings. The molecule has 98 valence electrons. The zero-order chi connectivity index (χ0) is 12.8. The van der Waals surface area contributed by atoms with Crippen molar-refractivity contribution in [2.45, 2.75) is 20.3 Å². The molecule has 18 heavy (non-hydrogen) atoms. The van der Waals surface area contributed by atoms with Crippen molar-refractivity contribution in [1.82, 2.24) is 9.88 Å². The summed E-state index contributed by atoms with van der Waals surface area (Å²) in [5, 5.41) is 6.85. The second-order valence-corrected chi connectivity index (χ2v) is 5.20. The number of hydrogen-bond donors (Lipinski definition) is 1. The molecule has 0 saturated heterocycles. The summed E-state index contributed by atoms with van der Waals surface area (Å²) in [6.07, 6.45) is 3.06. The Balaban J connectivity index is 1.85. The smallest absolute Gasteiger partial charge is 0.125 e. The van der Waals surface area contributed by atoms with Crippen molar-refractivity contribution in [1.29, 1.82) is 0 Å². The van der Waals surface area contributed by atoms with Gasteiger partial charge in [0.05, 0.1) is 0 Å². The zero-order valence-electron chi connectivity index (χ0n) is 11.1. The molecule has 2 aromatic heterocycles. The first-order valence-corrected chi connectivity index (χ1v) is 7.51. The van der Waals surface area contributed by atoms with Crippen LogP contribution in [0.25, 0.3) is 10.2 Å². The van der Waals surface area contributed by atoms with E-state index in [1.54, 1.807) is 11.3 Å². The molecular formula is C14H21N3S. The summed E-state index contributed by atoms with van der Waals surface area (Å²) in [4.78, 5) is 7.92. The molecule has 4 heteroatoms. The molecule has 0 fully saturated rings. The van der Waals surface area contributed by atoms with Gasteiger partial charge in [-0.15, -0.1) is 11.3 Å². The summed E-state index contributed by atoms with van der Waals surface area (Å²) in [6, 6.07) is 4.20. The van der Waals surface area contributed by atoms with Crippen molar-refractivity contribution in [3.05, 3.63) is 23.7 Å². The molecule has 0 amide bonds. The maximum Gasteiger partial charge on any atom is 0.125 e. The minimum absolute atomic E-state index is 1.02. The third-order valence-electron chi connectivity index (χ3n) is 3.23. The number of hydrogen-bond acceptors (Lipinski definition) is 4. The van der Waals surface area contributed by atoms with Crippen LogP contribution in [0.4, 0.5) is 5.69 Å². The van der Waals surface area contributed by atoms with Crippen LogP contribution in [0, 0.1) is 0 Å². The van der Waals surface area contributed by atoms with Crippen molar-refractivity contribution in [3.8, 4) is 0 Å². The number of fused-ring (bicyclic) bond motifs is 1. The van der Waals surface area contributed by atoms with Crippen LogP contribution in [0.5, 0.6) is 0 Å². The van der Waals surface area contributed by atoms with E-state index in [2.05, 4.69) is 46.6 Å². The Morgan fingerprint density at radius 2 is 2.11 bits per heavy atom. The van der Waals surface area contributed by atoms with E-state index >= 15 is 0 Å². The van der Waals surface area contributed by atoms with Gasteiger partial charge in [0.25, 0.3) is 0 Å². The van der Waals surface area contributed by atoms with Gasteiger partial charge in [-0.2, -0.15) is 0 Å². The second-order valence-electron chi connectivity index (χ2n) is 4.31. The van der Waals surface area contributed by atoms with Crippen LogP contribution < -0.4 is 5.32 Å². The van der Waals surface area contributed by atoms with Gasteiger partial charge in [0, 0.05) is 23.8 Å². The molecule has 0 unspecified atom stereocenters. The molecule has 0 spiro atoms. The van der Waals surface area contributed by atoms with E-state index < -0.39 is 0 Å². The van der Waals surface area contributed by atoms with Gasteiger partial charge in [-0.1, -0.05) is 13.8 Å². The van der Waals surface area contributed by atoms with Gasteiger partial charge in [0.2, 0.25) is 0 Å². The van der Waals surface area contributed by atoms with Crippen LogP contribution in [-0.4, -0.2) is 36.1 Å². The Labute approximate surface area is 113 Å². The average molecular weight is 263 g/mol. The summed E-state index contributed by atoms with van der Waals surface area (Å²) in [7, 11) is 0. The zero-order valence-corrected chi connectivity index (χ0v) is 12.0. The number of anilines is 1. The number of nitrogens with zero attached hydrogens (tertiary/aromatic N) is 2. The highest BCUT2D eigenvalue weighted by Crippen LogP contribution is 2.25. The molecule has 2 rings (SSSR count). The minimum Gasteiger partial charge on any atom is -0.384 e. The molecule has 1 N–H and O–H groups in total. The maximum atomic E-state index is 4.36. The fraction of sp³-hybridized carbons (Fsp3) is 0.500. The van der Waals surface area contributed by atoms with Crippen LogP contribution in [0.1, 0.15) is 20.3 Å². The molecule has 0 bridgehead atoms. The predicted molar refractivity (Wildman–Crippen MR) is 80.5 cm³/mol. The van der Waals surface area contributed by atoms with E-state index in [4.69, 9.17) is 0 Å². The molecule has 0 radical (unpaired) electrons. The molecule has 0 saturated carbocycles. The predicted octanol–water partition coefficient (Wildman–Crippen LogP) is 3.44. The van der Waals surface area contributed by atoms with Crippen LogP contribution in [0.15, 0.2) is 23.7 Å². The highest BCUT2D eigenvalue weighted by atomic mass is 32.1. The van der Waals surface area contributed by atoms with Crippen LogP contribution in [0.3, 0.4) is 0 Å². The molecule has 3 nitrogen and oxygen atoms in total. The second kappa shape index (κ2) is 6.71. The van der Waals surface area contributed by atoms with Crippen molar-refractivity contribution < 1.29 is 0 Å². The lowest BCUT2D eigenvalue weighted by Gasteiger charge is -2.18. The van der Waals surface area contributed by atoms with Crippen molar-refractivity contribution >= 4 is 27.2 Å². The third kappa shape index (κ3) is 3.21. The maximum absolute atomic E-state index is 4.36. The molecule has 0 aromatic carbocycles. The van der Waals surface area contributed by atoms with E-state index in [1.165, 1.54) is 17.5 Å². The SMILES string of the molecule is CCN(CC)CCCNc1ccnc2sccc12. The van der Waals surface area contributed by atoms with Gasteiger partial charge in [-0.25, -0.2) is 4.98 Å². The number of pyridine rings is 1. The molecule has 0 atom stereocenters. The summed E-state index contributed by atoms with van der Waals surface area (Å²) in [5.41, 5.74) is 1.21. The number of rotatable bonds is 7. The largest absolute Gasteiger partial charge is 0.384 e. The van der Waals surface area contributed by atoms with Gasteiger partial charge < -0.3 is 10.2 Å². The van der Waals surface area contributed by atoms with Crippen LogP contribution in [-0.2, 0) is 0 Å². The lowest BCUT2D eigenvalue weighted by Crippen LogP contribution is -2.25. The first-order valence-electron chi connectivity index (χ1n) is 6.63. The summed E-state index contributed by atoms with van der Waals surface area (Å²) in [6.45, 7) is 8.90. The Kier molecular flexibility index (Phi) is 4.96. The Bertz CT molecular complexity index is 477. The highest BCUT2D eigenvalue weighted by molar-refractivity contribution is 7.16.